The number of carbonyl (C=O) groups excluding carboxylic acids is 1. The SMILES string of the molecule is CCOC(=O)C1OC1n1cccn1. The van der Waals surface area contributed by atoms with Crippen LogP contribution in [0.25, 0.3) is 0 Å². The lowest BCUT2D eigenvalue weighted by atomic mass is 10.4. The largest absolute Gasteiger partial charge is 0.464 e. The molecular formula is C8H10N2O3. The fourth-order valence-electron chi connectivity index (χ4n) is 1.13. The molecule has 1 aromatic rings. The molecule has 1 fully saturated rings. The topological polar surface area (TPSA) is 56.6 Å². The molecule has 0 radical (unpaired) electrons. The number of epoxide rings is 1. The maximum absolute atomic E-state index is 11.1. The first-order chi connectivity index (χ1) is 6.33. The van der Waals surface area contributed by atoms with E-state index in [2.05, 4.69) is 5.10 Å². The van der Waals surface area contributed by atoms with Crippen molar-refractivity contribution in [1.29, 1.82) is 0 Å². The molecular weight excluding hydrogens is 172 g/mol. The molecule has 2 heterocycles. The summed E-state index contributed by atoms with van der Waals surface area (Å²) in [4.78, 5) is 11.1. The van der Waals surface area contributed by atoms with E-state index < -0.39 is 6.10 Å². The maximum atomic E-state index is 11.1. The van der Waals surface area contributed by atoms with E-state index >= 15 is 0 Å². The van der Waals surface area contributed by atoms with Crippen LogP contribution < -0.4 is 0 Å². The highest BCUT2D eigenvalue weighted by Crippen LogP contribution is 2.33. The van der Waals surface area contributed by atoms with Gasteiger partial charge in [-0.25, -0.2) is 9.48 Å². The van der Waals surface area contributed by atoms with E-state index in [-0.39, 0.29) is 12.2 Å². The first kappa shape index (κ1) is 8.25. The Hall–Kier alpha value is -1.36. The summed E-state index contributed by atoms with van der Waals surface area (Å²) in [6.07, 6.45) is 2.65. The normalized spacial score (nSPS) is 25.6. The molecule has 5 nitrogen and oxygen atoms in total. The molecule has 0 amide bonds. The molecule has 5 heteroatoms. The van der Waals surface area contributed by atoms with Crippen LogP contribution in [0, 0.1) is 0 Å². The van der Waals surface area contributed by atoms with Gasteiger partial charge in [0.15, 0.2) is 6.23 Å². The summed E-state index contributed by atoms with van der Waals surface area (Å²) >= 11 is 0. The van der Waals surface area contributed by atoms with E-state index in [1.165, 1.54) is 0 Å². The van der Waals surface area contributed by atoms with Gasteiger partial charge in [0.25, 0.3) is 0 Å². The van der Waals surface area contributed by atoms with Crippen LogP contribution in [0.1, 0.15) is 13.2 Å². The quantitative estimate of drug-likeness (QED) is 0.499. The summed E-state index contributed by atoms with van der Waals surface area (Å²) in [5, 5.41) is 3.95. The number of ether oxygens (including phenoxy) is 2. The Bertz CT molecular complexity index is 296. The molecule has 13 heavy (non-hydrogen) atoms. The molecule has 70 valence electrons. The van der Waals surface area contributed by atoms with E-state index in [1.54, 1.807) is 30.1 Å². The third-order valence-corrected chi connectivity index (χ3v) is 1.77. The van der Waals surface area contributed by atoms with Crippen molar-refractivity contribution in [2.75, 3.05) is 6.61 Å². The Morgan fingerprint density at radius 2 is 2.62 bits per heavy atom. The molecule has 1 aromatic heterocycles. The summed E-state index contributed by atoms with van der Waals surface area (Å²) < 4.78 is 11.5. The Labute approximate surface area is 75.2 Å². The summed E-state index contributed by atoms with van der Waals surface area (Å²) in [5.41, 5.74) is 0. The fourth-order valence-corrected chi connectivity index (χ4v) is 1.13. The molecule has 2 rings (SSSR count). The van der Waals surface area contributed by atoms with Crippen molar-refractivity contribution in [1.82, 2.24) is 9.78 Å². The van der Waals surface area contributed by atoms with Crippen molar-refractivity contribution in [2.45, 2.75) is 19.3 Å². The highest BCUT2D eigenvalue weighted by atomic mass is 16.7. The lowest BCUT2D eigenvalue weighted by Crippen LogP contribution is -2.13. The second-order valence-corrected chi connectivity index (χ2v) is 2.69. The van der Waals surface area contributed by atoms with Crippen molar-refractivity contribution in [2.24, 2.45) is 0 Å². The summed E-state index contributed by atoms with van der Waals surface area (Å²) in [7, 11) is 0. The molecule has 1 aliphatic rings. The Kier molecular flexibility index (Phi) is 2.02. The Morgan fingerprint density at radius 3 is 3.23 bits per heavy atom. The molecule has 0 saturated carbocycles. The van der Waals surface area contributed by atoms with Crippen molar-refractivity contribution < 1.29 is 14.3 Å². The van der Waals surface area contributed by atoms with E-state index in [9.17, 15) is 4.79 Å². The maximum Gasteiger partial charge on any atom is 0.340 e. The van der Waals surface area contributed by atoms with Crippen molar-refractivity contribution in [3.8, 4) is 0 Å². The van der Waals surface area contributed by atoms with Gasteiger partial charge < -0.3 is 9.47 Å². The van der Waals surface area contributed by atoms with Gasteiger partial charge in [0.1, 0.15) is 0 Å². The lowest BCUT2D eigenvalue weighted by molar-refractivity contribution is -0.144. The zero-order valence-electron chi connectivity index (χ0n) is 7.21. The lowest BCUT2D eigenvalue weighted by Gasteiger charge is -1.96. The first-order valence-corrected chi connectivity index (χ1v) is 4.14. The third kappa shape index (κ3) is 1.55. The number of hydrogen-bond acceptors (Lipinski definition) is 4. The van der Waals surface area contributed by atoms with Gasteiger partial charge in [0.2, 0.25) is 6.10 Å². The van der Waals surface area contributed by atoms with Crippen LogP contribution in [-0.2, 0) is 14.3 Å². The van der Waals surface area contributed by atoms with E-state index in [1.807, 2.05) is 0 Å². The minimum Gasteiger partial charge on any atom is -0.464 e. The number of hydrogen-bond donors (Lipinski definition) is 0. The fraction of sp³-hybridized carbons (Fsp3) is 0.500. The first-order valence-electron chi connectivity index (χ1n) is 4.14. The standard InChI is InChI=1S/C8H10N2O3/c1-2-12-8(11)6-7(13-6)10-5-3-4-9-10/h3-7H,2H2,1H3. The van der Waals surface area contributed by atoms with Gasteiger partial charge in [0.05, 0.1) is 6.61 Å². The van der Waals surface area contributed by atoms with E-state index in [4.69, 9.17) is 9.47 Å². The molecule has 2 unspecified atom stereocenters. The van der Waals surface area contributed by atoms with Gasteiger partial charge in [-0.1, -0.05) is 0 Å². The average Bonchev–Trinajstić information content (AvgIpc) is 2.74. The van der Waals surface area contributed by atoms with Gasteiger partial charge in [-0.2, -0.15) is 5.10 Å². The molecule has 0 aliphatic carbocycles. The molecule has 0 bridgehead atoms. The number of nitrogens with zero attached hydrogens (tertiary/aromatic N) is 2. The average molecular weight is 182 g/mol. The predicted molar refractivity (Wildman–Crippen MR) is 42.8 cm³/mol. The van der Waals surface area contributed by atoms with Crippen molar-refractivity contribution in [3.63, 3.8) is 0 Å². The number of esters is 1. The summed E-state index contributed by atoms with van der Waals surface area (Å²) in [5.74, 6) is -0.317. The second kappa shape index (κ2) is 3.18. The van der Waals surface area contributed by atoms with Crippen LogP contribution >= 0.6 is 0 Å². The zero-order valence-corrected chi connectivity index (χ0v) is 7.21. The number of aromatic nitrogens is 2. The predicted octanol–water partition coefficient (Wildman–Crippen LogP) is 0.344. The van der Waals surface area contributed by atoms with Gasteiger partial charge in [-0.3, -0.25) is 0 Å². The molecule has 0 spiro atoms. The molecule has 0 aromatic carbocycles. The smallest absolute Gasteiger partial charge is 0.340 e. The Morgan fingerprint density at radius 1 is 1.77 bits per heavy atom. The molecule has 0 N–H and O–H groups in total. The molecule has 2 atom stereocenters. The van der Waals surface area contributed by atoms with Crippen LogP contribution in [0.2, 0.25) is 0 Å². The summed E-state index contributed by atoms with van der Waals surface area (Å²) in [6.45, 7) is 2.15. The number of rotatable bonds is 3. The van der Waals surface area contributed by atoms with Gasteiger partial charge in [-0.05, 0) is 13.0 Å². The zero-order chi connectivity index (χ0) is 9.26. The highest BCUT2D eigenvalue weighted by Gasteiger charge is 2.48. The van der Waals surface area contributed by atoms with Crippen LogP contribution in [0.3, 0.4) is 0 Å². The third-order valence-electron chi connectivity index (χ3n) is 1.77. The molecule has 1 saturated heterocycles. The summed E-state index contributed by atoms with van der Waals surface area (Å²) in [6, 6.07) is 1.78. The van der Waals surface area contributed by atoms with Gasteiger partial charge >= 0.3 is 5.97 Å². The number of carbonyl (C=O) groups is 1. The van der Waals surface area contributed by atoms with E-state index in [0.29, 0.717) is 6.61 Å². The van der Waals surface area contributed by atoms with E-state index in [0.717, 1.165) is 0 Å². The van der Waals surface area contributed by atoms with Crippen molar-refractivity contribution in [3.05, 3.63) is 18.5 Å². The highest BCUT2D eigenvalue weighted by molar-refractivity contribution is 5.77. The minimum atomic E-state index is -0.472. The molecule has 1 aliphatic heterocycles. The van der Waals surface area contributed by atoms with Crippen LogP contribution in [0.15, 0.2) is 18.5 Å². The van der Waals surface area contributed by atoms with Gasteiger partial charge in [0, 0.05) is 12.4 Å². The monoisotopic (exact) mass is 182 g/mol. The minimum absolute atomic E-state index is 0.269. The van der Waals surface area contributed by atoms with Crippen LogP contribution in [0.5, 0.6) is 0 Å². The van der Waals surface area contributed by atoms with Crippen molar-refractivity contribution >= 4 is 5.97 Å². The van der Waals surface area contributed by atoms with Gasteiger partial charge in [-0.15, -0.1) is 0 Å². The second-order valence-electron chi connectivity index (χ2n) is 2.69. The Balaban J connectivity index is 1.92. The van der Waals surface area contributed by atoms with Crippen LogP contribution in [-0.4, -0.2) is 28.5 Å². The van der Waals surface area contributed by atoms with Crippen LogP contribution in [0.4, 0.5) is 0 Å².